The van der Waals surface area contributed by atoms with Crippen LogP contribution in [0.2, 0.25) is 0 Å². The molecule has 0 aromatic rings. The molecule has 0 aromatic carbocycles. The van der Waals surface area contributed by atoms with Crippen molar-refractivity contribution in [1.29, 1.82) is 0 Å². The van der Waals surface area contributed by atoms with E-state index in [-0.39, 0.29) is 0 Å². The molecule has 0 N–H and O–H groups in total. The summed E-state index contributed by atoms with van der Waals surface area (Å²) in [4.78, 5) is -10.3. The predicted molar refractivity (Wildman–Crippen MR) is 39.3 cm³/mol. The molecule has 0 fully saturated rings. The molecule has 0 aromatic heterocycles. The molecule has 0 spiro atoms. The molecule has 17 heavy (non-hydrogen) atoms. The first-order valence-corrected chi connectivity index (χ1v) is 13.5. The molecule has 0 saturated heterocycles. The van der Waals surface area contributed by atoms with Gasteiger partial charge in [0.15, 0.2) is 0 Å². The molecule has 0 atom stereocenters. The van der Waals surface area contributed by atoms with Crippen molar-refractivity contribution in [2.45, 2.75) is 22.0 Å². The summed E-state index contributed by atoms with van der Waals surface area (Å²) in [6.45, 7) is 0. The maximum absolute atomic E-state index is 12.2. The maximum atomic E-state index is 12.2. The average molecular weight is 475 g/mol. The normalized spacial score (nSPS) is 15.2. The summed E-state index contributed by atoms with van der Waals surface area (Å²) in [5, 5.41) is 0. The summed E-state index contributed by atoms with van der Waals surface area (Å²) in [5.74, 6) is 0. The van der Waals surface area contributed by atoms with E-state index >= 15 is 0 Å². The number of alkyl halides is 10. The number of rotatable bonds is 4. The predicted octanol–water partition coefficient (Wildman–Crippen LogP) is 2.24. The van der Waals surface area contributed by atoms with Crippen molar-refractivity contribution < 1.29 is 43.9 Å². The fourth-order valence-electron chi connectivity index (χ4n) is 0.197. The Morgan fingerprint density at radius 3 is 0.882 bits per heavy atom. The minimum absolute atomic E-state index is 2.06. The van der Waals surface area contributed by atoms with Crippen LogP contribution in [0.5, 0.6) is 0 Å². The van der Waals surface area contributed by atoms with Gasteiger partial charge in [0.1, 0.15) is 0 Å². The Hall–Kier alpha value is 0.858. The van der Waals surface area contributed by atoms with Gasteiger partial charge in [0.2, 0.25) is 0 Å². The van der Waals surface area contributed by atoms with E-state index in [0.717, 1.165) is 0 Å². The second kappa shape index (κ2) is 5.46. The van der Waals surface area contributed by atoms with Crippen LogP contribution in [0, 0.1) is 0 Å². The second-order valence-corrected chi connectivity index (χ2v) is 18.2. The van der Waals surface area contributed by atoms with Gasteiger partial charge in [-0.3, -0.25) is 0 Å². The van der Waals surface area contributed by atoms with Crippen LogP contribution >= 0.6 is 0 Å². The van der Waals surface area contributed by atoms with Crippen LogP contribution < -0.4 is 0 Å². The van der Waals surface area contributed by atoms with Crippen molar-refractivity contribution in [3.05, 3.63) is 0 Å². The van der Waals surface area contributed by atoms with E-state index in [9.17, 15) is 43.9 Å². The van der Waals surface area contributed by atoms with Crippen molar-refractivity contribution >= 4 is 37.6 Å². The molecule has 0 aliphatic heterocycles. The van der Waals surface area contributed by atoms with Crippen LogP contribution in [-0.2, 0) is 0 Å². The molecule has 0 heterocycles. The van der Waals surface area contributed by atoms with E-state index in [1.165, 1.54) is 0 Å². The third-order valence-electron chi connectivity index (χ3n) is 0.937. The van der Waals surface area contributed by atoms with E-state index in [1.54, 1.807) is 0 Å². The fourth-order valence-corrected chi connectivity index (χ4v) is 16.9. The molecule has 13 heteroatoms. The van der Waals surface area contributed by atoms with Gasteiger partial charge in [0, 0.05) is 0 Å². The van der Waals surface area contributed by atoms with E-state index in [0.29, 0.717) is 0 Å². The molecule has 0 aliphatic rings. The molecule has 0 amide bonds. The van der Waals surface area contributed by atoms with Crippen LogP contribution in [0.4, 0.5) is 43.9 Å². The first kappa shape index (κ1) is 17.9. The Morgan fingerprint density at radius 2 is 0.706 bits per heavy atom. The van der Waals surface area contributed by atoms with Gasteiger partial charge in [-0.2, -0.15) is 0 Å². The summed E-state index contributed by atoms with van der Waals surface area (Å²) in [6.07, 6.45) is -11.8. The Kier molecular flexibility index (Phi) is 5.74. The van der Waals surface area contributed by atoms with Crippen LogP contribution in [-0.4, -0.2) is 59.6 Å². The van der Waals surface area contributed by atoms with Crippen molar-refractivity contribution in [2.75, 3.05) is 0 Å². The van der Waals surface area contributed by atoms with Gasteiger partial charge in [0.25, 0.3) is 0 Å². The van der Waals surface area contributed by atoms with Crippen molar-refractivity contribution in [3.8, 4) is 0 Å². The summed E-state index contributed by atoms with van der Waals surface area (Å²) in [6, 6.07) is 0. The Balaban J connectivity index is 4.36. The monoisotopic (exact) mass is 478 g/mol. The van der Waals surface area contributed by atoms with Crippen LogP contribution in [0.3, 0.4) is 0 Å². The number of hydrogen-bond acceptors (Lipinski definition) is 0. The number of hydrogen-bond donors (Lipinski definition) is 0. The topological polar surface area (TPSA) is 0 Å². The Labute approximate surface area is 103 Å². The van der Waals surface area contributed by atoms with Gasteiger partial charge in [-0.15, -0.1) is 0 Å². The molecule has 0 radical (unpaired) electrons. The van der Waals surface area contributed by atoms with Crippen molar-refractivity contribution in [3.63, 3.8) is 0 Å². The van der Waals surface area contributed by atoms with Gasteiger partial charge in [0.05, 0.1) is 0 Å². The minimum atomic E-state index is -5.90. The molecule has 104 valence electrons. The van der Waals surface area contributed by atoms with E-state index in [4.69, 9.17) is 0 Å². The molecule has 0 nitrogen and oxygen atoms in total. The molecule has 0 bridgehead atoms. The van der Waals surface area contributed by atoms with Gasteiger partial charge >= 0.3 is 103 Å². The van der Waals surface area contributed by atoms with Gasteiger partial charge < -0.3 is 0 Å². The molecule has 0 rings (SSSR count). The molecular weight excluding hydrogens is 475 g/mol. The first-order chi connectivity index (χ1) is 7.21. The van der Waals surface area contributed by atoms with Crippen molar-refractivity contribution in [1.82, 2.24) is 0 Å². The van der Waals surface area contributed by atoms with Crippen LogP contribution in [0.15, 0.2) is 0 Å². The van der Waals surface area contributed by atoms with Gasteiger partial charge in [-0.1, -0.05) is 0 Å². The zero-order valence-electron chi connectivity index (χ0n) is 7.00. The zero-order valence-corrected chi connectivity index (χ0v) is 12.1. The standard InChI is InChI=1S/C4F10Se3/c5-1(6,7)3(11,12)15-17-16-4(13,14)2(8,9)10. The zero-order chi connectivity index (χ0) is 14.1. The van der Waals surface area contributed by atoms with Gasteiger partial charge in [-0.05, 0) is 0 Å². The SMILES string of the molecule is FC(F)(F)C(F)(F)[Se][Se][Se]C(F)(F)C(F)(F)F. The third-order valence-corrected chi connectivity index (χ3v) is 16.8. The summed E-state index contributed by atoms with van der Waals surface area (Å²) < 4.78 is 118. The van der Waals surface area contributed by atoms with E-state index < -0.39 is 59.6 Å². The second-order valence-electron chi connectivity index (χ2n) is 2.26. The quantitative estimate of drug-likeness (QED) is 0.433. The van der Waals surface area contributed by atoms with E-state index in [2.05, 4.69) is 0 Å². The van der Waals surface area contributed by atoms with Crippen LogP contribution in [0.25, 0.3) is 0 Å². The molecule has 0 unspecified atom stereocenters. The molecule has 0 saturated carbocycles. The first-order valence-electron chi connectivity index (χ1n) is 3.13. The molecular formula is C4F10Se3. The van der Waals surface area contributed by atoms with Gasteiger partial charge in [-0.25, -0.2) is 0 Å². The fraction of sp³-hybridized carbons (Fsp3) is 1.00. The summed E-state index contributed by atoms with van der Waals surface area (Å²) >= 11 is -7.29. The third kappa shape index (κ3) is 5.16. The Bertz CT molecular complexity index is 227. The van der Waals surface area contributed by atoms with Crippen molar-refractivity contribution in [2.24, 2.45) is 0 Å². The van der Waals surface area contributed by atoms with E-state index in [1.807, 2.05) is 0 Å². The summed E-state index contributed by atoms with van der Waals surface area (Å²) in [5.41, 5.74) is 0. The summed E-state index contributed by atoms with van der Waals surface area (Å²) in [7, 11) is 0. The Morgan fingerprint density at radius 1 is 0.471 bits per heavy atom. The number of halogens is 10. The van der Waals surface area contributed by atoms with Crippen LogP contribution in [0.1, 0.15) is 0 Å². The molecule has 0 aliphatic carbocycles. The average Bonchev–Trinajstić information content (AvgIpc) is 1.98.